The van der Waals surface area contributed by atoms with Crippen LogP contribution in [0.4, 0.5) is 5.69 Å². The number of carbonyl (C=O) groups excluding carboxylic acids is 1. The minimum atomic E-state index is 0. The van der Waals surface area contributed by atoms with Crippen LogP contribution >= 0.6 is 12.4 Å². The van der Waals surface area contributed by atoms with Crippen molar-refractivity contribution >= 4 is 24.0 Å². The van der Waals surface area contributed by atoms with Crippen LogP contribution in [0.15, 0.2) is 30.3 Å². The Bertz CT molecular complexity index is 386. The van der Waals surface area contributed by atoms with E-state index in [1.165, 1.54) is 0 Å². The second-order valence-corrected chi connectivity index (χ2v) is 4.67. The predicted molar refractivity (Wildman–Crippen MR) is 78.7 cm³/mol. The molecule has 1 fully saturated rings. The highest BCUT2D eigenvalue weighted by Gasteiger charge is 2.25. The Morgan fingerprint density at radius 1 is 1.42 bits per heavy atom. The molecule has 4 nitrogen and oxygen atoms in total. The molecule has 1 aromatic rings. The van der Waals surface area contributed by atoms with E-state index in [4.69, 9.17) is 4.74 Å². The number of nitrogens with zero attached hydrogens (tertiary/aromatic N) is 1. The van der Waals surface area contributed by atoms with E-state index in [-0.39, 0.29) is 18.3 Å². The van der Waals surface area contributed by atoms with Gasteiger partial charge in [0.25, 0.3) is 0 Å². The van der Waals surface area contributed by atoms with Crippen LogP contribution in [-0.2, 0) is 9.53 Å². The summed E-state index contributed by atoms with van der Waals surface area (Å²) in [6, 6.07) is 9.80. The topological polar surface area (TPSA) is 41.6 Å². The van der Waals surface area contributed by atoms with Crippen LogP contribution in [0.5, 0.6) is 0 Å². The first kappa shape index (κ1) is 15.8. The minimum absolute atomic E-state index is 0. The number of hydrogen-bond donors (Lipinski definition) is 1. The van der Waals surface area contributed by atoms with Crippen LogP contribution < -0.4 is 5.32 Å². The Balaban J connectivity index is 0.00000180. The number of carbonyl (C=O) groups is 1. The lowest BCUT2D eigenvalue weighted by Gasteiger charge is -2.17. The van der Waals surface area contributed by atoms with Crippen molar-refractivity contribution in [2.45, 2.75) is 6.42 Å². The Kier molecular flexibility index (Phi) is 6.67. The third-order valence-electron chi connectivity index (χ3n) is 3.26. The molecule has 19 heavy (non-hydrogen) atoms. The molecule has 0 bridgehead atoms. The first-order chi connectivity index (χ1) is 8.79. The summed E-state index contributed by atoms with van der Waals surface area (Å²) in [7, 11) is 1.71. The quantitative estimate of drug-likeness (QED) is 0.899. The molecule has 1 atom stereocenters. The van der Waals surface area contributed by atoms with Gasteiger partial charge in [-0.25, -0.2) is 0 Å². The lowest BCUT2D eigenvalue weighted by Crippen LogP contribution is -2.34. The average molecular weight is 285 g/mol. The number of halogens is 1. The molecule has 0 aromatic heterocycles. The number of ether oxygens (including phenoxy) is 1. The van der Waals surface area contributed by atoms with Gasteiger partial charge >= 0.3 is 0 Å². The van der Waals surface area contributed by atoms with Crippen molar-refractivity contribution < 1.29 is 9.53 Å². The third-order valence-corrected chi connectivity index (χ3v) is 3.26. The molecule has 1 amide bonds. The average Bonchev–Trinajstić information content (AvgIpc) is 2.86. The Labute approximate surface area is 120 Å². The van der Waals surface area contributed by atoms with E-state index in [2.05, 4.69) is 5.32 Å². The van der Waals surface area contributed by atoms with Crippen LogP contribution in [0.2, 0.25) is 0 Å². The number of para-hydroxylation sites is 1. The number of nitrogens with one attached hydrogen (secondary N) is 1. The number of anilines is 1. The molecule has 106 valence electrons. The van der Waals surface area contributed by atoms with E-state index in [1.807, 2.05) is 35.2 Å². The van der Waals surface area contributed by atoms with Crippen molar-refractivity contribution in [3.63, 3.8) is 0 Å². The van der Waals surface area contributed by atoms with Gasteiger partial charge in [-0.15, -0.1) is 12.4 Å². The summed E-state index contributed by atoms with van der Waals surface area (Å²) >= 11 is 0. The molecule has 1 aromatic carbocycles. The molecule has 0 radical (unpaired) electrons. The fourth-order valence-electron chi connectivity index (χ4n) is 2.28. The zero-order valence-electron chi connectivity index (χ0n) is 11.2. The number of hydrogen-bond acceptors (Lipinski definition) is 3. The molecular weight excluding hydrogens is 264 g/mol. The maximum atomic E-state index is 12.0. The van der Waals surface area contributed by atoms with Gasteiger partial charge < -0.3 is 15.0 Å². The lowest BCUT2D eigenvalue weighted by molar-refractivity contribution is -0.128. The van der Waals surface area contributed by atoms with Crippen molar-refractivity contribution in [2.75, 3.05) is 38.7 Å². The summed E-state index contributed by atoms with van der Waals surface area (Å²) in [5.74, 6) is 0.660. The SMILES string of the molecule is COCC1CCN(C(=O)CNc2ccccc2)C1.Cl. The van der Waals surface area contributed by atoms with Crippen molar-refractivity contribution in [2.24, 2.45) is 5.92 Å². The Morgan fingerprint density at radius 3 is 2.84 bits per heavy atom. The van der Waals surface area contributed by atoms with E-state index in [0.717, 1.165) is 31.8 Å². The molecule has 0 spiro atoms. The highest BCUT2D eigenvalue weighted by atomic mass is 35.5. The van der Waals surface area contributed by atoms with Gasteiger partial charge in [0.1, 0.15) is 0 Å². The third kappa shape index (κ3) is 4.73. The number of likely N-dealkylation sites (tertiary alicyclic amines) is 1. The number of rotatable bonds is 5. The van der Waals surface area contributed by atoms with Crippen LogP contribution in [0, 0.1) is 5.92 Å². The summed E-state index contributed by atoms with van der Waals surface area (Å²) < 4.78 is 5.13. The second kappa shape index (κ2) is 8.02. The van der Waals surface area contributed by atoms with Gasteiger partial charge in [-0.1, -0.05) is 18.2 Å². The van der Waals surface area contributed by atoms with Crippen LogP contribution in [0.25, 0.3) is 0 Å². The maximum absolute atomic E-state index is 12.0. The molecule has 1 N–H and O–H groups in total. The number of methoxy groups -OCH3 is 1. The molecule has 0 aliphatic carbocycles. The summed E-state index contributed by atoms with van der Waals surface area (Å²) in [6.45, 7) is 2.78. The Morgan fingerprint density at radius 2 is 2.16 bits per heavy atom. The van der Waals surface area contributed by atoms with Gasteiger partial charge in [-0.2, -0.15) is 0 Å². The van der Waals surface area contributed by atoms with Gasteiger partial charge in [0.05, 0.1) is 13.2 Å². The first-order valence-corrected chi connectivity index (χ1v) is 6.35. The van der Waals surface area contributed by atoms with Gasteiger partial charge in [0.2, 0.25) is 5.91 Å². The summed E-state index contributed by atoms with van der Waals surface area (Å²) in [6.07, 6.45) is 1.05. The van der Waals surface area contributed by atoms with E-state index in [0.29, 0.717) is 12.5 Å². The maximum Gasteiger partial charge on any atom is 0.241 e. The van der Waals surface area contributed by atoms with E-state index in [1.54, 1.807) is 7.11 Å². The largest absolute Gasteiger partial charge is 0.384 e. The zero-order valence-corrected chi connectivity index (χ0v) is 12.0. The number of amides is 1. The molecule has 1 saturated heterocycles. The van der Waals surface area contributed by atoms with Crippen LogP contribution in [0.3, 0.4) is 0 Å². The second-order valence-electron chi connectivity index (χ2n) is 4.67. The van der Waals surface area contributed by atoms with E-state index < -0.39 is 0 Å². The molecule has 1 unspecified atom stereocenters. The fourth-order valence-corrected chi connectivity index (χ4v) is 2.28. The van der Waals surface area contributed by atoms with Gasteiger partial charge in [-0.05, 0) is 18.6 Å². The van der Waals surface area contributed by atoms with Gasteiger partial charge in [0, 0.05) is 31.8 Å². The number of benzene rings is 1. The normalized spacial score (nSPS) is 17.9. The molecule has 2 rings (SSSR count). The molecule has 1 aliphatic rings. The zero-order chi connectivity index (χ0) is 12.8. The van der Waals surface area contributed by atoms with Gasteiger partial charge in [0.15, 0.2) is 0 Å². The van der Waals surface area contributed by atoms with Crippen molar-refractivity contribution in [3.05, 3.63) is 30.3 Å². The monoisotopic (exact) mass is 284 g/mol. The summed E-state index contributed by atoms with van der Waals surface area (Å²) in [5, 5.41) is 3.15. The molecule has 1 aliphatic heterocycles. The van der Waals surface area contributed by atoms with Crippen LogP contribution in [0.1, 0.15) is 6.42 Å². The van der Waals surface area contributed by atoms with Crippen LogP contribution in [-0.4, -0.2) is 44.2 Å². The summed E-state index contributed by atoms with van der Waals surface area (Å²) in [4.78, 5) is 13.9. The first-order valence-electron chi connectivity index (χ1n) is 6.35. The lowest BCUT2D eigenvalue weighted by atomic mass is 10.1. The van der Waals surface area contributed by atoms with E-state index in [9.17, 15) is 4.79 Å². The van der Waals surface area contributed by atoms with Gasteiger partial charge in [-0.3, -0.25) is 4.79 Å². The minimum Gasteiger partial charge on any atom is -0.384 e. The Hall–Kier alpha value is -1.26. The standard InChI is InChI=1S/C14H20N2O2.ClH/c1-18-11-12-7-8-16(10-12)14(17)9-15-13-5-3-2-4-6-13;/h2-6,12,15H,7-11H2,1H3;1H. The molecule has 0 saturated carbocycles. The van der Waals surface area contributed by atoms with Crippen molar-refractivity contribution in [1.29, 1.82) is 0 Å². The predicted octanol–water partition coefficient (Wildman–Crippen LogP) is 2.02. The van der Waals surface area contributed by atoms with E-state index >= 15 is 0 Å². The smallest absolute Gasteiger partial charge is 0.241 e. The molecule has 1 heterocycles. The fraction of sp³-hybridized carbons (Fsp3) is 0.500. The highest BCUT2D eigenvalue weighted by Crippen LogP contribution is 2.16. The molecular formula is C14H21ClN2O2. The molecule has 5 heteroatoms. The van der Waals surface area contributed by atoms with Crippen molar-refractivity contribution in [3.8, 4) is 0 Å². The highest BCUT2D eigenvalue weighted by molar-refractivity contribution is 5.85. The van der Waals surface area contributed by atoms with Crippen molar-refractivity contribution in [1.82, 2.24) is 4.90 Å². The summed E-state index contributed by atoms with van der Waals surface area (Å²) in [5.41, 5.74) is 0.985.